The summed E-state index contributed by atoms with van der Waals surface area (Å²) in [5.74, 6) is 1.84. The van der Waals surface area contributed by atoms with E-state index < -0.39 is 0 Å². The van der Waals surface area contributed by atoms with Crippen LogP contribution in [-0.2, 0) is 6.54 Å². The van der Waals surface area contributed by atoms with Crippen LogP contribution in [0.3, 0.4) is 0 Å². The molecule has 1 nitrogen and oxygen atoms in total. The summed E-state index contributed by atoms with van der Waals surface area (Å²) in [5.41, 5.74) is 1.46. The van der Waals surface area contributed by atoms with Crippen molar-refractivity contribution >= 4 is 0 Å². The molecule has 0 radical (unpaired) electrons. The van der Waals surface area contributed by atoms with Crippen LogP contribution in [0.2, 0.25) is 0 Å². The fourth-order valence-corrected chi connectivity index (χ4v) is 3.16. The molecule has 18 heavy (non-hydrogen) atoms. The van der Waals surface area contributed by atoms with Crippen LogP contribution in [0.5, 0.6) is 0 Å². The third kappa shape index (κ3) is 3.84. The van der Waals surface area contributed by atoms with Gasteiger partial charge in [0.1, 0.15) is 0 Å². The molecule has 0 aromatic heterocycles. The van der Waals surface area contributed by atoms with E-state index in [-0.39, 0.29) is 0 Å². The topological polar surface area (TPSA) is 3.24 Å². The summed E-state index contributed by atoms with van der Waals surface area (Å²) < 4.78 is 0. The minimum Gasteiger partial charge on any atom is -0.299 e. The molecule has 1 heterocycles. The van der Waals surface area contributed by atoms with E-state index in [4.69, 9.17) is 0 Å². The summed E-state index contributed by atoms with van der Waals surface area (Å²) in [6, 6.07) is 10.9. The van der Waals surface area contributed by atoms with Gasteiger partial charge in [-0.2, -0.15) is 0 Å². The highest BCUT2D eigenvalue weighted by molar-refractivity contribution is 5.14. The second-order valence-corrected chi connectivity index (χ2v) is 5.89. The predicted octanol–water partition coefficient (Wildman–Crippen LogP) is 4.33. The predicted molar refractivity (Wildman–Crippen MR) is 78.5 cm³/mol. The molecule has 2 rings (SSSR count). The Morgan fingerprint density at radius 1 is 1.22 bits per heavy atom. The van der Waals surface area contributed by atoms with E-state index in [1.165, 1.54) is 44.3 Å². The molecule has 0 bridgehead atoms. The van der Waals surface area contributed by atoms with Gasteiger partial charge in [0, 0.05) is 13.1 Å². The Kier molecular flexibility index (Phi) is 5.25. The molecule has 0 amide bonds. The lowest BCUT2D eigenvalue weighted by Crippen LogP contribution is -2.38. The number of nitrogens with zero attached hydrogens (tertiary/aromatic N) is 1. The van der Waals surface area contributed by atoms with Gasteiger partial charge in [0.25, 0.3) is 0 Å². The Labute approximate surface area is 112 Å². The minimum atomic E-state index is 0.869. The van der Waals surface area contributed by atoms with E-state index in [1.807, 2.05) is 0 Å². The molecule has 2 unspecified atom stereocenters. The van der Waals surface area contributed by atoms with Gasteiger partial charge in [-0.3, -0.25) is 4.90 Å². The van der Waals surface area contributed by atoms with Crippen LogP contribution < -0.4 is 0 Å². The molecule has 2 atom stereocenters. The van der Waals surface area contributed by atoms with Gasteiger partial charge in [-0.25, -0.2) is 0 Å². The SMILES string of the molecule is CCCCC1CCN(Cc2ccccc2)CC1C. The summed E-state index contributed by atoms with van der Waals surface area (Å²) in [5, 5.41) is 0. The lowest BCUT2D eigenvalue weighted by atomic mass is 9.83. The molecule has 1 heteroatoms. The number of hydrogen-bond acceptors (Lipinski definition) is 1. The van der Waals surface area contributed by atoms with Crippen molar-refractivity contribution < 1.29 is 0 Å². The van der Waals surface area contributed by atoms with Gasteiger partial charge in [0.15, 0.2) is 0 Å². The van der Waals surface area contributed by atoms with Crippen molar-refractivity contribution in [2.45, 2.75) is 46.1 Å². The normalized spacial score (nSPS) is 25.2. The molecule has 1 aliphatic heterocycles. The Bertz CT molecular complexity index is 333. The number of piperidine rings is 1. The molecular weight excluding hydrogens is 218 g/mol. The van der Waals surface area contributed by atoms with Crippen molar-refractivity contribution in [3.8, 4) is 0 Å². The quantitative estimate of drug-likeness (QED) is 0.746. The first-order chi connectivity index (χ1) is 8.79. The van der Waals surface area contributed by atoms with Crippen LogP contribution in [0.1, 0.15) is 45.1 Å². The van der Waals surface area contributed by atoms with Crippen LogP contribution in [0.25, 0.3) is 0 Å². The lowest BCUT2D eigenvalue weighted by molar-refractivity contribution is 0.116. The Morgan fingerprint density at radius 2 is 2.00 bits per heavy atom. The molecule has 0 N–H and O–H groups in total. The minimum absolute atomic E-state index is 0.869. The van der Waals surface area contributed by atoms with Crippen LogP contribution in [0.4, 0.5) is 0 Å². The number of likely N-dealkylation sites (tertiary alicyclic amines) is 1. The van der Waals surface area contributed by atoms with Crippen molar-refractivity contribution in [2.75, 3.05) is 13.1 Å². The third-order valence-electron chi connectivity index (χ3n) is 4.34. The van der Waals surface area contributed by atoms with E-state index in [1.54, 1.807) is 0 Å². The monoisotopic (exact) mass is 245 g/mol. The second kappa shape index (κ2) is 6.94. The smallest absolute Gasteiger partial charge is 0.0233 e. The maximum atomic E-state index is 2.63. The number of benzene rings is 1. The summed E-state index contributed by atoms with van der Waals surface area (Å²) in [6.45, 7) is 8.44. The molecule has 0 aliphatic carbocycles. The van der Waals surface area contributed by atoms with Crippen LogP contribution >= 0.6 is 0 Å². The molecule has 1 aromatic rings. The van der Waals surface area contributed by atoms with Gasteiger partial charge in [-0.15, -0.1) is 0 Å². The highest BCUT2D eigenvalue weighted by atomic mass is 15.1. The molecule has 0 spiro atoms. The molecule has 1 saturated heterocycles. The van der Waals surface area contributed by atoms with Gasteiger partial charge < -0.3 is 0 Å². The molecule has 100 valence electrons. The Hall–Kier alpha value is -0.820. The van der Waals surface area contributed by atoms with Crippen molar-refractivity contribution in [1.82, 2.24) is 4.90 Å². The number of hydrogen-bond donors (Lipinski definition) is 0. The van der Waals surface area contributed by atoms with E-state index in [2.05, 4.69) is 49.1 Å². The highest BCUT2D eigenvalue weighted by Gasteiger charge is 2.25. The van der Waals surface area contributed by atoms with Crippen molar-refractivity contribution in [3.05, 3.63) is 35.9 Å². The van der Waals surface area contributed by atoms with Gasteiger partial charge >= 0.3 is 0 Å². The summed E-state index contributed by atoms with van der Waals surface area (Å²) in [6.07, 6.45) is 5.59. The Morgan fingerprint density at radius 3 is 2.67 bits per heavy atom. The largest absolute Gasteiger partial charge is 0.299 e. The zero-order chi connectivity index (χ0) is 12.8. The van der Waals surface area contributed by atoms with Gasteiger partial charge in [0.2, 0.25) is 0 Å². The third-order valence-corrected chi connectivity index (χ3v) is 4.34. The lowest BCUT2D eigenvalue weighted by Gasteiger charge is -2.37. The number of rotatable bonds is 5. The first-order valence-corrected chi connectivity index (χ1v) is 7.56. The molecule has 1 aromatic carbocycles. The first-order valence-electron chi connectivity index (χ1n) is 7.56. The molecular formula is C17H27N. The molecule has 1 fully saturated rings. The second-order valence-electron chi connectivity index (χ2n) is 5.89. The van der Waals surface area contributed by atoms with Crippen LogP contribution in [0.15, 0.2) is 30.3 Å². The zero-order valence-electron chi connectivity index (χ0n) is 11.9. The Balaban J connectivity index is 1.81. The van der Waals surface area contributed by atoms with Crippen molar-refractivity contribution in [3.63, 3.8) is 0 Å². The highest BCUT2D eigenvalue weighted by Crippen LogP contribution is 2.28. The van der Waals surface area contributed by atoms with Crippen molar-refractivity contribution in [1.29, 1.82) is 0 Å². The standard InChI is InChI=1S/C17H27N/c1-3-4-10-17-11-12-18(13-15(17)2)14-16-8-6-5-7-9-16/h5-9,15,17H,3-4,10-14H2,1-2H3. The van der Waals surface area contributed by atoms with Crippen molar-refractivity contribution in [2.24, 2.45) is 11.8 Å². The van der Waals surface area contributed by atoms with Crippen LogP contribution in [0, 0.1) is 11.8 Å². The van der Waals surface area contributed by atoms with E-state index in [9.17, 15) is 0 Å². The number of unbranched alkanes of at least 4 members (excludes halogenated alkanes) is 1. The van der Waals surface area contributed by atoms with Gasteiger partial charge in [-0.05, 0) is 30.4 Å². The fourth-order valence-electron chi connectivity index (χ4n) is 3.16. The maximum absolute atomic E-state index is 2.63. The van der Waals surface area contributed by atoms with Gasteiger partial charge in [-0.1, -0.05) is 63.4 Å². The summed E-state index contributed by atoms with van der Waals surface area (Å²) >= 11 is 0. The van der Waals surface area contributed by atoms with E-state index >= 15 is 0 Å². The van der Waals surface area contributed by atoms with Crippen LogP contribution in [-0.4, -0.2) is 18.0 Å². The van der Waals surface area contributed by atoms with Gasteiger partial charge in [0.05, 0.1) is 0 Å². The molecule has 0 saturated carbocycles. The maximum Gasteiger partial charge on any atom is 0.0233 e. The van der Waals surface area contributed by atoms with E-state index in [0.717, 1.165) is 18.4 Å². The zero-order valence-corrected chi connectivity index (χ0v) is 11.9. The summed E-state index contributed by atoms with van der Waals surface area (Å²) in [7, 11) is 0. The molecule has 1 aliphatic rings. The van der Waals surface area contributed by atoms with E-state index in [0.29, 0.717) is 0 Å². The average molecular weight is 245 g/mol. The summed E-state index contributed by atoms with van der Waals surface area (Å²) in [4.78, 5) is 2.63. The fraction of sp³-hybridized carbons (Fsp3) is 0.647. The first kappa shape index (κ1) is 13.6. The average Bonchev–Trinajstić information content (AvgIpc) is 2.39.